The van der Waals surface area contributed by atoms with Crippen molar-refractivity contribution in [2.24, 2.45) is 5.92 Å². The predicted molar refractivity (Wildman–Crippen MR) is 176 cm³/mol. The summed E-state index contributed by atoms with van der Waals surface area (Å²) in [6.07, 6.45) is 1.00. The van der Waals surface area contributed by atoms with E-state index in [9.17, 15) is 29.7 Å². The first-order chi connectivity index (χ1) is 23.2. The van der Waals surface area contributed by atoms with Gasteiger partial charge in [0.05, 0.1) is 6.42 Å². The number of amides is 1. The van der Waals surface area contributed by atoms with Gasteiger partial charge in [0.25, 0.3) is 5.91 Å². The summed E-state index contributed by atoms with van der Waals surface area (Å²) in [6.45, 7) is 1.92. The average Bonchev–Trinajstić information content (AvgIpc) is 3.73. The van der Waals surface area contributed by atoms with Gasteiger partial charge < -0.3 is 34.1 Å². The van der Waals surface area contributed by atoms with Crippen LogP contribution in [0.25, 0.3) is 27.9 Å². The Bertz CT molecular complexity index is 1970. The van der Waals surface area contributed by atoms with Gasteiger partial charge in [0.15, 0.2) is 17.1 Å². The molecule has 0 saturated carbocycles. The number of ether oxygens (including phenoxy) is 2. The Morgan fingerprint density at radius 3 is 2.44 bits per heavy atom. The van der Waals surface area contributed by atoms with E-state index < -0.39 is 48.2 Å². The SMILES string of the molecule is CC(C(CC=Cc1nc2ccccc2o1)c1ccc2c(c1)OCO2)N(Cc1ccc2ccccc2c1)C(=O)C(O)C(CC(=O)O)C(=O)O. The smallest absolute Gasteiger partial charge is 0.310 e. The van der Waals surface area contributed by atoms with Crippen LogP contribution in [0.15, 0.2) is 95.4 Å². The standard InChI is InChI=1S/C37H34N2O9/c1-22(27(26-15-16-31-32(18-26)47-21-46-31)9-6-12-33-38-29-10-4-5-11-30(29)48-33)39(36(43)35(42)28(37(44)45)19-34(40)41)20-23-13-14-24-7-2-3-8-25(24)17-23/h2-8,10-18,22,27-28,35,42H,9,19-21H2,1H3,(H,40,41)(H,44,45). The zero-order valence-corrected chi connectivity index (χ0v) is 26.1. The molecule has 1 amide bonds. The third-order valence-corrected chi connectivity index (χ3v) is 8.66. The highest BCUT2D eigenvalue weighted by molar-refractivity contribution is 5.89. The van der Waals surface area contributed by atoms with Crippen LogP contribution in [0.1, 0.15) is 42.7 Å². The number of fused-ring (bicyclic) bond motifs is 3. The summed E-state index contributed by atoms with van der Waals surface area (Å²) in [7, 11) is 0. The number of benzene rings is 4. The summed E-state index contributed by atoms with van der Waals surface area (Å²) in [5.41, 5.74) is 2.92. The maximum Gasteiger partial charge on any atom is 0.310 e. The number of aliphatic carboxylic acids is 2. The summed E-state index contributed by atoms with van der Waals surface area (Å²) in [5.74, 6) is -4.61. The van der Waals surface area contributed by atoms with Crippen LogP contribution in [-0.2, 0) is 20.9 Å². The second-order valence-corrected chi connectivity index (χ2v) is 11.8. The number of carboxylic acids is 2. The fraction of sp³-hybridized carbons (Fsp3) is 0.243. The molecule has 0 saturated heterocycles. The van der Waals surface area contributed by atoms with E-state index in [-0.39, 0.29) is 13.3 Å². The Morgan fingerprint density at radius 2 is 1.67 bits per heavy atom. The highest BCUT2D eigenvalue weighted by atomic mass is 16.7. The average molecular weight is 651 g/mol. The van der Waals surface area contributed by atoms with E-state index in [1.807, 2.05) is 91.9 Å². The molecule has 0 spiro atoms. The molecule has 1 aliphatic heterocycles. The lowest BCUT2D eigenvalue weighted by Gasteiger charge is -2.37. The number of aliphatic hydroxyl groups is 1. The van der Waals surface area contributed by atoms with Crippen molar-refractivity contribution in [3.05, 3.63) is 108 Å². The van der Waals surface area contributed by atoms with Crippen LogP contribution in [0.2, 0.25) is 0 Å². The minimum absolute atomic E-state index is 0.0250. The summed E-state index contributed by atoms with van der Waals surface area (Å²) >= 11 is 0. The van der Waals surface area contributed by atoms with E-state index >= 15 is 0 Å². The molecule has 1 aliphatic rings. The molecule has 11 heteroatoms. The van der Waals surface area contributed by atoms with Crippen LogP contribution < -0.4 is 9.47 Å². The molecule has 1 aromatic heterocycles. The molecule has 11 nitrogen and oxygen atoms in total. The molecular formula is C37H34N2O9. The number of carboxylic acid groups (broad SMARTS) is 2. The number of oxazole rings is 1. The zero-order chi connectivity index (χ0) is 33.8. The maximum absolute atomic E-state index is 14.1. The molecule has 246 valence electrons. The van der Waals surface area contributed by atoms with Gasteiger partial charge >= 0.3 is 11.9 Å². The molecule has 4 atom stereocenters. The fourth-order valence-electron chi connectivity index (χ4n) is 6.07. The lowest BCUT2D eigenvalue weighted by molar-refractivity contribution is -0.160. The topological polar surface area (TPSA) is 160 Å². The van der Waals surface area contributed by atoms with Gasteiger partial charge in [0.2, 0.25) is 12.7 Å². The highest BCUT2D eigenvalue weighted by Crippen LogP contribution is 2.38. The minimum Gasteiger partial charge on any atom is -0.481 e. The number of aliphatic hydroxyl groups excluding tert-OH is 1. The van der Waals surface area contributed by atoms with Gasteiger partial charge in [0, 0.05) is 18.5 Å². The Hall–Kier alpha value is -5.68. The molecule has 0 fully saturated rings. The normalized spacial score (nSPS) is 15.0. The van der Waals surface area contributed by atoms with Gasteiger partial charge in [-0.1, -0.05) is 60.7 Å². The van der Waals surface area contributed by atoms with Crippen LogP contribution in [-0.4, -0.2) is 62.0 Å². The molecule has 2 heterocycles. The van der Waals surface area contributed by atoms with E-state index in [2.05, 4.69) is 4.98 Å². The summed E-state index contributed by atoms with van der Waals surface area (Å²) in [6, 6.07) is 25.8. The maximum atomic E-state index is 14.1. The Balaban J connectivity index is 1.37. The number of rotatable bonds is 13. The minimum atomic E-state index is -2.10. The number of carbonyl (C=O) groups excluding carboxylic acids is 1. The molecule has 6 rings (SSSR count). The number of allylic oxidation sites excluding steroid dienone is 1. The number of para-hydroxylation sites is 2. The third-order valence-electron chi connectivity index (χ3n) is 8.66. The first kappa shape index (κ1) is 32.3. The van der Waals surface area contributed by atoms with Crippen molar-refractivity contribution >= 4 is 45.8 Å². The van der Waals surface area contributed by atoms with Crippen LogP contribution in [0.5, 0.6) is 11.5 Å². The monoisotopic (exact) mass is 650 g/mol. The molecule has 5 aromatic rings. The van der Waals surface area contributed by atoms with Crippen LogP contribution in [0.3, 0.4) is 0 Å². The summed E-state index contributed by atoms with van der Waals surface area (Å²) in [4.78, 5) is 43.6. The highest BCUT2D eigenvalue weighted by Gasteiger charge is 2.39. The van der Waals surface area contributed by atoms with Gasteiger partial charge in [-0.3, -0.25) is 14.4 Å². The van der Waals surface area contributed by atoms with E-state index in [1.54, 1.807) is 12.1 Å². The van der Waals surface area contributed by atoms with Crippen LogP contribution >= 0.6 is 0 Å². The number of hydrogen-bond acceptors (Lipinski definition) is 8. The molecule has 4 unspecified atom stereocenters. The van der Waals surface area contributed by atoms with Crippen molar-refractivity contribution in [1.82, 2.24) is 9.88 Å². The van der Waals surface area contributed by atoms with Crippen molar-refractivity contribution in [2.45, 2.75) is 44.4 Å². The van der Waals surface area contributed by atoms with Gasteiger partial charge in [-0.25, -0.2) is 4.98 Å². The van der Waals surface area contributed by atoms with Gasteiger partial charge in [0.1, 0.15) is 17.5 Å². The second kappa shape index (κ2) is 14.0. The Morgan fingerprint density at radius 1 is 0.917 bits per heavy atom. The number of carbonyl (C=O) groups is 3. The van der Waals surface area contributed by atoms with Gasteiger partial charge in [-0.2, -0.15) is 0 Å². The number of nitrogens with zero attached hydrogens (tertiary/aromatic N) is 2. The third kappa shape index (κ3) is 7.01. The van der Waals surface area contributed by atoms with E-state index in [1.165, 1.54) is 4.90 Å². The van der Waals surface area contributed by atoms with Crippen molar-refractivity contribution in [3.63, 3.8) is 0 Å². The molecule has 48 heavy (non-hydrogen) atoms. The second-order valence-electron chi connectivity index (χ2n) is 11.8. The molecule has 0 radical (unpaired) electrons. The lowest BCUT2D eigenvalue weighted by atomic mass is 9.86. The van der Waals surface area contributed by atoms with Crippen molar-refractivity contribution < 1.29 is 43.6 Å². The van der Waals surface area contributed by atoms with Crippen molar-refractivity contribution in [2.75, 3.05) is 6.79 Å². The first-order valence-corrected chi connectivity index (χ1v) is 15.5. The van der Waals surface area contributed by atoms with E-state index in [0.717, 1.165) is 21.9 Å². The summed E-state index contributed by atoms with van der Waals surface area (Å²) in [5, 5.41) is 32.2. The van der Waals surface area contributed by atoms with Crippen molar-refractivity contribution in [1.29, 1.82) is 0 Å². The number of aromatic nitrogens is 1. The summed E-state index contributed by atoms with van der Waals surface area (Å²) < 4.78 is 17.0. The zero-order valence-electron chi connectivity index (χ0n) is 26.1. The van der Waals surface area contributed by atoms with Crippen LogP contribution in [0.4, 0.5) is 0 Å². The molecular weight excluding hydrogens is 616 g/mol. The molecule has 4 aromatic carbocycles. The quantitative estimate of drug-likeness (QED) is 0.141. The van der Waals surface area contributed by atoms with E-state index in [0.29, 0.717) is 34.9 Å². The molecule has 0 aliphatic carbocycles. The largest absolute Gasteiger partial charge is 0.481 e. The van der Waals surface area contributed by atoms with Crippen LogP contribution in [0, 0.1) is 5.92 Å². The predicted octanol–water partition coefficient (Wildman–Crippen LogP) is 5.85. The lowest BCUT2D eigenvalue weighted by Crippen LogP contribution is -2.50. The molecule has 0 bridgehead atoms. The first-order valence-electron chi connectivity index (χ1n) is 15.5. The fourth-order valence-corrected chi connectivity index (χ4v) is 6.07. The number of hydrogen-bond donors (Lipinski definition) is 3. The Kier molecular flexibility index (Phi) is 9.40. The van der Waals surface area contributed by atoms with Gasteiger partial charge in [-0.05, 0) is 71.7 Å². The van der Waals surface area contributed by atoms with E-state index in [4.69, 9.17) is 13.9 Å². The Labute approximate surface area is 275 Å². The van der Waals surface area contributed by atoms with Gasteiger partial charge in [-0.15, -0.1) is 0 Å². The molecule has 3 N–H and O–H groups in total. The van der Waals surface area contributed by atoms with Crippen molar-refractivity contribution in [3.8, 4) is 11.5 Å².